The van der Waals surface area contributed by atoms with E-state index in [0.717, 1.165) is 29.5 Å². The standard InChI is InChI=1S/C14H16BrNOS/c1-2-11-5-6-18-14(11)9-16-8-10-3-4-13(17)12(15)7-10/h3-7,16-17H,2,8-9H2,1H3. The van der Waals surface area contributed by atoms with Gasteiger partial charge >= 0.3 is 0 Å². The molecule has 0 unspecified atom stereocenters. The molecule has 4 heteroatoms. The smallest absolute Gasteiger partial charge is 0.129 e. The van der Waals surface area contributed by atoms with Crippen molar-refractivity contribution in [3.63, 3.8) is 0 Å². The number of phenols is 1. The lowest BCUT2D eigenvalue weighted by Gasteiger charge is -2.06. The van der Waals surface area contributed by atoms with E-state index in [-0.39, 0.29) is 5.75 Å². The maximum Gasteiger partial charge on any atom is 0.129 e. The van der Waals surface area contributed by atoms with Gasteiger partial charge in [0, 0.05) is 18.0 Å². The van der Waals surface area contributed by atoms with Crippen molar-refractivity contribution in [1.82, 2.24) is 5.32 Å². The van der Waals surface area contributed by atoms with Gasteiger partial charge in [0.2, 0.25) is 0 Å². The van der Waals surface area contributed by atoms with Crippen molar-refractivity contribution in [2.24, 2.45) is 0 Å². The summed E-state index contributed by atoms with van der Waals surface area (Å²) in [6.45, 7) is 3.89. The van der Waals surface area contributed by atoms with Crippen LogP contribution in [0.3, 0.4) is 0 Å². The molecule has 1 aromatic heterocycles. The van der Waals surface area contributed by atoms with E-state index in [0.29, 0.717) is 0 Å². The number of hydrogen-bond donors (Lipinski definition) is 2. The number of rotatable bonds is 5. The predicted molar refractivity (Wildman–Crippen MR) is 80.0 cm³/mol. The topological polar surface area (TPSA) is 32.3 Å². The zero-order valence-electron chi connectivity index (χ0n) is 10.2. The van der Waals surface area contributed by atoms with E-state index in [1.807, 2.05) is 12.1 Å². The molecule has 1 aromatic carbocycles. The van der Waals surface area contributed by atoms with Gasteiger partial charge in [0.25, 0.3) is 0 Å². The van der Waals surface area contributed by atoms with Gasteiger partial charge in [0.1, 0.15) is 5.75 Å². The zero-order chi connectivity index (χ0) is 13.0. The first kappa shape index (κ1) is 13.6. The highest BCUT2D eigenvalue weighted by atomic mass is 79.9. The van der Waals surface area contributed by atoms with E-state index in [1.165, 1.54) is 10.4 Å². The molecule has 1 heterocycles. The lowest BCUT2D eigenvalue weighted by atomic mass is 10.2. The molecule has 0 fully saturated rings. The highest BCUT2D eigenvalue weighted by molar-refractivity contribution is 9.10. The molecule has 0 aliphatic rings. The Morgan fingerprint density at radius 1 is 1.28 bits per heavy atom. The highest BCUT2D eigenvalue weighted by Crippen LogP contribution is 2.24. The van der Waals surface area contributed by atoms with Crippen LogP contribution in [0.5, 0.6) is 5.75 Å². The Bertz CT molecular complexity index is 524. The van der Waals surface area contributed by atoms with Crippen LogP contribution in [0.1, 0.15) is 22.9 Å². The van der Waals surface area contributed by atoms with E-state index in [1.54, 1.807) is 17.4 Å². The van der Waals surface area contributed by atoms with Crippen LogP contribution in [-0.2, 0) is 19.5 Å². The summed E-state index contributed by atoms with van der Waals surface area (Å²) in [4.78, 5) is 1.41. The number of phenolic OH excluding ortho intramolecular Hbond substituents is 1. The molecule has 0 saturated heterocycles. The third-order valence-electron chi connectivity index (χ3n) is 2.85. The van der Waals surface area contributed by atoms with E-state index in [2.05, 4.69) is 39.6 Å². The Kier molecular flexibility index (Phi) is 4.80. The maximum atomic E-state index is 9.42. The minimum atomic E-state index is 0.283. The van der Waals surface area contributed by atoms with Crippen molar-refractivity contribution >= 4 is 27.3 Å². The molecule has 0 atom stereocenters. The summed E-state index contributed by atoms with van der Waals surface area (Å²) >= 11 is 5.13. The number of aryl methyl sites for hydroxylation is 1. The summed E-state index contributed by atoms with van der Waals surface area (Å²) in [6.07, 6.45) is 1.09. The summed E-state index contributed by atoms with van der Waals surface area (Å²) in [5, 5.41) is 15.0. The Hall–Kier alpha value is -0.840. The van der Waals surface area contributed by atoms with Gasteiger partial charge in [-0.05, 0) is 57.1 Å². The molecule has 0 aliphatic heterocycles. The number of nitrogens with one attached hydrogen (secondary N) is 1. The molecular weight excluding hydrogens is 310 g/mol. The normalized spacial score (nSPS) is 10.8. The SMILES string of the molecule is CCc1ccsc1CNCc1ccc(O)c(Br)c1. The number of hydrogen-bond acceptors (Lipinski definition) is 3. The largest absolute Gasteiger partial charge is 0.507 e. The fraction of sp³-hybridized carbons (Fsp3) is 0.286. The van der Waals surface area contributed by atoms with Gasteiger partial charge in [-0.2, -0.15) is 0 Å². The van der Waals surface area contributed by atoms with E-state index in [9.17, 15) is 5.11 Å². The van der Waals surface area contributed by atoms with E-state index in [4.69, 9.17) is 0 Å². The fourth-order valence-electron chi connectivity index (χ4n) is 1.82. The van der Waals surface area contributed by atoms with Crippen molar-refractivity contribution in [3.05, 3.63) is 50.1 Å². The summed E-state index contributed by atoms with van der Waals surface area (Å²) in [5.41, 5.74) is 2.59. The molecule has 0 spiro atoms. The fourth-order valence-corrected chi connectivity index (χ4v) is 3.19. The van der Waals surface area contributed by atoms with Gasteiger partial charge < -0.3 is 10.4 Å². The minimum Gasteiger partial charge on any atom is -0.507 e. The Morgan fingerprint density at radius 3 is 2.83 bits per heavy atom. The Morgan fingerprint density at radius 2 is 2.11 bits per heavy atom. The molecule has 0 saturated carbocycles. The minimum absolute atomic E-state index is 0.283. The van der Waals surface area contributed by atoms with Crippen LogP contribution in [0.2, 0.25) is 0 Å². The van der Waals surface area contributed by atoms with E-state index >= 15 is 0 Å². The van der Waals surface area contributed by atoms with Crippen LogP contribution in [0.15, 0.2) is 34.1 Å². The summed E-state index contributed by atoms with van der Waals surface area (Å²) in [6, 6.07) is 7.78. The van der Waals surface area contributed by atoms with Gasteiger partial charge in [-0.3, -0.25) is 0 Å². The van der Waals surface area contributed by atoms with Gasteiger partial charge in [-0.15, -0.1) is 11.3 Å². The highest BCUT2D eigenvalue weighted by Gasteiger charge is 2.03. The molecule has 2 aromatic rings. The molecular formula is C14H16BrNOS. The van der Waals surface area contributed by atoms with Gasteiger partial charge in [0.15, 0.2) is 0 Å². The van der Waals surface area contributed by atoms with Crippen LogP contribution in [0.4, 0.5) is 0 Å². The van der Waals surface area contributed by atoms with Crippen molar-refractivity contribution in [2.45, 2.75) is 26.4 Å². The van der Waals surface area contributed by atoms with Crippen LogP contribution < -0.4 is 5.32 Å². The Balaban J connectivity index is 1.90. The first-order valence-corrected chi connectivity index (χ1v) is 7.61. The van der Waals surface area contributed by atoms with Crippen molar-refractivity contribution in [1.29, 1.82) is 0 Å². The first-order valence-electron chi connectivity index (χ1n) is 5.94. The Labute approximate surface area is 120 Å². The van der Waals surface area contributed by atoms with Crippen LogP contribution in [0.25, 0.3) is 0 Å². The van der Waals surface area contributed by atoms with Gasteiger partial charge in [0.05, 0.1) is 4.47 Å². The first-order chi connectivity index (χ1) is 8.70. The zero-order valence-corrected chi connectivity index (χ0v) is 12.6. The monoisotopic (exact) mass is 325 g/mol. The lowest BCUT2D eigenvalue weighted by molar-refractivity contribution is 0.471. The summed E-state index contributed by atoms with van der Waals surface area (Å²) in [5.74, 6) is 0.283. The van der Waals surface area contributed by atoms with Crippen molar-refractivity contribution in [3.8, 4) is 5.75 Å². The van der Waals surface area contributed by atoms with Gasteiger partial charge in [-0.1, -0.05) is 13.0 Å². The number of halogens is 1. The summed E-state index contributed by atoms with van der Waals surface area (Å²) in [7, 11) is 0. The molecule has 2 nitrogen and oxygen atoms in total. The average molecular weight is 326 g/mol. The van der Waals surface area contributed by atoms with Crippen LogP contribution >= 0.6 is 27.3 Å². The second-order valence-electron chi connectivity index (χ2n) is 4.11. The quantitative estimate of drug-likeness (QED) is 0.868. The van der Waals surface area contributed by atoms with Crippen LogP contribution in [0, 0.1) is 0 Å². The molecule has 2 N–H and O–H groups in total. The second-order valence-corrected chi connectivity index (χ2v) is 5.97. The molecule has 18 heavy (non-hydrogen) atoms. The van der Waals surface area contributed by atoms with Crippen molar-refractivity contribution < 1.29 is 5.11 Å². The lowest BCUT2D eigenvalue weighted by Crippen LogP contribution is -2.12. The average Bonchev–Trinajstić information content (AvgIpc) is 2.81. The molecule has 0 bridgehead atoms. The maximum absolute atomic E-state index is 9.42. The number of aromatic hydroxyl groups is 1. The van der Waals surface area contributed by atoms with Gasteiger partial charge in [-0.25, -0.2) is 0 Å². The predicted octanol–water partition coefficient (Wildman–Crippen LogP) is 4.07. The number of thiophene rings is 1. The molecule has 96 valence electrons. The molecule has 0 aliphatic carbocycles. The summed E-state index contributed by atoms with van der Waals surface area (Å²) < 4.78 is 0.743. The molecule has 0 radical (unpaired) electrons. The third kappa shape index (κ3) is 3.34. The van der Waals surface area contributed by atoms with Crippen LogP contribution in [-0.4, -0.2) is 5.11 Å². The molecule has 2 rings (SSSR count). The third-order valence-corrected chi connectivity index (χ3v) is 4.44. The number of benzene rings is 1. The van der Waals surface area contributed by atoms with Crippen molar-refractivity contribution in [2.75, 3.05) is 0 Å². The molecule has 0 amide bonds. The second kappa shape index (κ2) is 6.36. The van der Waals surface area contributed by atoms with E-state index < -0.39 is 0 Å².